The number of carbonyl (C=O) groups is 1. The highest BCUT2D eigenvalue weighted by atomic mass is 19.3. The molecule has 728 valence electrons. The van der Waals surface area contributed by atoms with E-state index in [2.05, 4.69) is 167 Å². The number of piperazine rings is 3. The number of hydrogen-bond donors (Lipinski definition) is 1. The van der Waals surface area contributed by atoms with Gasteiger partial charge in [0.2, 0.25) is 29.4 Å². The van der Waals surface area contributed by atoms with E-state index in [1.807, 2.05) is 118 Å². The Kier molecular flexibility index (Phi) is 31.3. The van der Waals surface area contributed by atoms with Gasteiger partial charge in [0.15, 0.2) is 6.61 Å². The third-order valence-electron chi connectivity index (χ3n) is 26.4. The number of nitrogens with one attached hydrogen (secondary N) is 1. The maximum absolute atomic E-state index is 12.9. The molecular formula is C104H124F3N25O7. The number of rotatable bonds is 25. The number of H-pyrrole nitrogens is 1. The number of alkyl halides is 3. The minimum atomic E-state index is -2.53. The second-order valence-corrected chi connectivity index (χ2v) is 37.4. The number of pyridine rings is 10. The fourth-order valence-electron chi connectivity index (χ4n) is 18.6. The fourth-order valence-corrected chi connectivity index (χ4v) is 18.6. The Labute approximate surface area is 809 Å². The molecule has 1 unspecified atom stereocenters. The largest absolute Gasteiger partial charge is 0.475 e. The third kappa shape index (κ3) is 24.1. The van der Waals surface area contributed by atoms with Gasteiger partial charge in [0.25, 0.3) is 6.43 Å². The highest BCUT2D eigenvalue weighted by Crippen LogP contribution is 2.41. The van der Waals surface area contributed by atoms with E-state index >= 15 is 0 Å². The van der Waals surface area contributed by atoms with Crippen LogP contribution in [0, 0.1) is 5.92 Å². The highest BCUT2D eigenvalue weighted by Gasteiger charge is 2.35. The molecule has 32 nitrogen and oxygen atoms in total. The van der Waals surface area contributed by atoms with Crippen LogP contribution in [0.4, 0.5) is 42.3 Å². The van der Waals surface area contributed by atoms with E-state index in [1.165, 1.54) is 48.2 Å². The van der Waals surface area contributed by atoms with Crippen LogP contribution < -0.4 is 43.4 Å². The van der Waals surface area contributed by atoms with Gasteiger partial charge in [-0.1, -0.05) is 13.8 Å². The molecule has 1 amide bonds. The number of aliphatic imine (C=N–C) groups is 4. The van der Waals surface area contributed by atoms with Gasteiger partial charge in [-0.25, -0.2) is 58.0 Å². The summed E-state index contributed by atoms with van der Waals surface area (Å²) in [5, 5.41) is 8.65. The van der Waals surface area contributed by atoms with Crippen molar-refractivity contribution in [3.63, 3.8) is 0 Å². The molecule has 1 N–H and O–H groups in total. The van der Waals surface area contributed by atoms with E-state index in [0.29, 0.717) is 69.6 Å². The maximum Gasteiger partial charge on any atom is 0.272 e. The summed E-state index contributed by atoms with van der Waals surface area (Å²) >= 11 is 0. The summed E-state index contributed by atoms with van der Waals surface area (Å²) in [7, 11) is 4.23. The molecule has 1 saturated carbocycles. The zero-order chi connectivity index (χ0) is 95.8. The molecule has 1 atom stereocenters. The van der Waals surface area contributed by atoms with Crippen molar-refractivity contribution < 1.29 is 46.4 Å². The lowest BCUT2D eigenvalue weighted by Crippen LogP contribution is -2.53. The Morgan fingerprint density at radius 2 is 0.914 bits per heavy atom. The zero-order valence-electron chi connectivity index (χ0n) is 80.7. The minimum absolute atomic E-state index is 0.00863. The number of anilines is 5. The number of aromatic nitrogens is 12. The van der Waals surface area contributed by atoms with Crippen molar-refractivity contribution in [2.75, 3.05) is 203 Å². The van der Waals surface area contributed by atoms with Gasteiger partial charge in [0, 0.05) is 262 Å². The minimum Gasteiger partial charge on any atom is -0.475 e. The molecule has 0 radical (unpaired) electrons. The molecule has 11 aromatic rings. The number of likely N-dealkylation sites (N-methyl/N-ethyl adjacent to an activating group) is 2. The van der Waals surface area contributed by atoms with Crippen LogP contribution in [0.5, 0.6) is 23.5 Å². The molecule has 11 aromatic heterocycles. The van der Waals surface area contributed by atoms with E-state index in [4.69, 9.17) is 38.4 Å². The first kappa shape index (κ1) is 96.2. The number of ether oxygens (including phenoxy) is 6. The van der Waals surface area contributed by atoms with Crippen molar-refractivity contribution in [3.8, 4) is 34.8 Å². The number of likely N-dealkylation sites (tertiary alicyclic amines) is 1. The average Bonchev–Trinajstić information content (AvgIpc) is 1.65. The Morgan fingerprint density at radius 3 is 1.42 bits per heavy atom. The molecule has 6 saturated heterocycles. The molecule has 22 rings (SSSR count). The molecule has 10 aliphatic heterocycles. The van der Waals surface area contributed by atoms with Crippen molar-refractivity contribution in [2.24, 2.45) is 25.9 Å². The van der Waals surface area contributed by atoms with Crippen LogP contribution in [0.15, 0.2) is 173 Å². The molecular weight excluding hydrogens is 1770 g/mol. The van der Waals surface area contributed by atoms with Gasteiger partial charge in [-0.2, -0.15) is 5.10 Å². The van der Waals surface area contributed by atoms with E-state index in [9.17, 15) is 18.0 Å². The lowest BCUT2D eigenvalue weighted by atomic mass is 10.0. The standard InChI is InChI=1S/C25H32N6O2.C23H32N6O.C20H23N5.C18H18F2N4O2.C18H19FN4O2/c1-17(2)33-23-14-20-19(15-27-23)16-28-24(20)18-6-7-26-22(13-18)30-9-11-31(12-10-30)25(32)21-5-4-8-29(21)3;1-16(2)6-8-28-9-11-29(12-10-28)21-13-18(5-7-24-21)23-19-14-22(30-17(3)4)25-15-20(19)26-27-23;1-24-6-8-25(9-7-24)19-10-15(4-5-21-19)20-17-11-18(14-2-3-14)22-12-16(17)13-23-20;19-15(20)11-26-17-8-14-13(9-22-17)10-23-18(14)12-1-2-21-16(7-12)24-3-5-25-6-4-24;19-4-8-25-16-2-1-14-12-21-17(18(14)22-16)13-3-5-20-15(11-13)23-6-9-24-10-7-23/h6-7,13-15,17,21H,4-5,8-12,16H2,1-3H3;5,7,13-17H,6,8-12H2,1-4H3,(H,26,27);4-5,10-12,14H,2-3,6-9,13H2,1H3;1-2,7-9,15H,3-6,10-11H2;1-3,5,11H,4,6-10,12H2. The first-order valence-electron chi connectivity index (χ1n) is 48.9. The summed E-state index contributed by atoms with van der Waals surface area (Å²) in [6, 6.07) is 32.1. The van der Waals surface area contributed by atoms with Crippen molar-refractivity contribution in [1.82, 2.24) is 79.6 Å². The molecule has 139 heavy (non-hydrogen) atoms. The Hall–Kier alpha value is -13.1. The second kappa shape index (κ2) is 45.2. The normalized spacial score (nSPS) is 18.1. The molecule has 0 bridgehead atoms. The predicted molar refractivity (Wildman–Crippen MR) is 533 cm³/mol. The molecule has 11 aliphatic rings. The van der Waals surface area contributed by atoms with Gasteiger partial charge in [0.1, 0.15) is 48.1 Å². The van der Waals surface area contributed by atoms with Gasteiger partial charge in [-0.3, -0.25) is 44.6 Å². The van der Waals surface area contributed by atoms with Gasteiger partial charge in [0.05, 0.1) is 111 Å². The number of carbonyl (C=O) groups excluding carboxylic acids is 1. The SMILES string of the molecule is CC(C)CCN1CCN(c2cc(-c3n[nH]c4cnc(OC(C)C)cc34)ccn2)CC1.CC(C)Oc1cc2c(cn1)CN=C2c1ccnc(N2CCN(C(=O)C3CCCN3C)CC2)c1.CN1CCN(c2cc(C3=NCc4cnc(C5CC5)cc43)ccn2)CC1.FC(F)COc1cc2c(cn1)CN=C2c1ccnc(N2CCOCC2)c1.FCCOc1ccc2c(n1)C(c1ccnc(N3CCOCC3)c1)=NC2. The number of morpholine rings is 2. The first-order valence-corrected chi connectivity index (χ1v) is 48.9. The Morgan fingerprint density at radius 1 is 0.453 bits per heavy atom. The lowest BCUT2D eigenvalue weighted by molar-refractivity contribution is -0.135. The number of amides is 1. The van der Waals surface area contributed by atoms with Crippen LogP contribution in [0.3, 0.4) is 0 Å². The number of hydrogen-bond acceptors (Lipinski definition) is 30. The van der Waals surface area contributed by atoms with Crippen LogP contribution in [0.2, 0.25) is 0 Å². The highest BCUT2D eigenvalue weighted by molar-refractivity contribution is 6.17. The van der Waals surface area contributed by atoms with Crippen LogP contribution in [-0.2, 0) is 40.4 Å². The molecule has 1 aliphatic carbocycles. The fraction of sp³-hybridized carbons (Fsp3) is 0.462. The third-order valence-corrected chi connectivity index (χ3v) is 26.4. The molecule has 0 spiro atoms. The van der Waals surface area contributed by atoms with Crippen molar-refractivity contribution in [3.05, 3.63) is 225 Å². The van der Waals surface area contributed by atoms with Crippen molar-refractivity contribution in [1.29, 1.82) is 0 Å². The zero-order valence-corrected chi connectivity index (χ0v) is 80.7. The van der Waals surface area contributed by atoms with Gasteiger partial charge >= 0.3 is 0 Å². The number of halogens is 3. The van der Waals surface area contributed by atoms with Crippen molar-refractivity contribution >= 4 is 68.7 Å². The van der Waals surface area contributed by atoms with Gasteiger partial charge in [-0.05, 0) is 166 Å². The van der Waals surface area contributed by atoms with Crippen LogP contribution in [0.1, 0.15) is 152 Å². The van der Waals surface area contributed by atoms with Gasteiger partial charge < -0.3 is 62.7 Å². The molecule has 21 heterocycles. The quantitative estimate of drug-likeness (QED) is 0.0555. The molecule has 7 fully saturated rings. The summed E-state index contributed by atoms with van der Waals surface area (Å²) in [5.41, 5.74) is 20.3. The summed E-state index contributed by atoms with van der Waals surface area (Å²) < 4.78 is 69.7. The second-order valence-electron chi connectivity index (χ2n) is 37.4. The number of nitrogens with zero attached hydrogens (tertiary/aromatic N) is 24. The Balaban J connectivity index is 0.000000116. The Bertz CT molecular complexity index is 6200. The van der Waals surface area contributed by atoms with Crippen LogP contribution >= 0.6 is 0 Å². The topological polar surface area (TPSA) is 309 Å². The van der Waals surface area contributed by atoms with Crippen LogP contribution in [-0.4, -0.2) is 311 Å². The summed E-state index contributed by atoms with van der Waals surface area (Å²) in [5.74, 6) is 8.37. The summed E-state index contributed by atoms with van der Waals surface area (Å²) in [6.45, 7) is 33.6. The average molecular weight is 1890 g/mol. The molecule has 0 aromatic carbocycles. The summed E-state index contributed by atoms with van der Waals surface area (Å²) in [4.78, 5) is 97.1. The predicted octanol–water partition coefficient (Wildman–Crippen LogP) is 13.1. The van der Waals surface area contributed by atoms with E-state index in [1.54, 1.807) is 36.9 Å². The van der Waals surface area contributed by atoms with E-state index in [0.717, 1.165) is 261 Å². The summed E-state index contributed by atoms with van der Waals surface area (Å²) in [6.07, 6.45) is 20.0. The monoisotopic (exact) mass is 1890 g/mol. The van der Waals surface area contributed by atoms with Crippen molar-refractivity contribution in [2.45, 2.75) is 130 Å². The van der Waals surface area contributed by atoms with E-state index < -0.39 is 19.7 Å². The first-order chi connectivity index (χ1) is 67.8. The van der Waals surface area contributed by atoms with Crippen LogP contribution in [0.25, 0.3) is 22.2 Å². The lowest BCUT2D eigenvalue weighted by Gasteiger charge is -2.37. The van der Waals surface area contributed by atoms with Gasteiger partial charge in [-0.15, -0.1) is 0 Å². The molecule has 35 heteroatoms. The smallest absolute Gasteiger partial charge is 0.272 e. The number of fused-ring (bicyclic) bond motifs is 5. The number of aromatic amines is 1. The van der Waals surface area contributed by atoms with E-state index in [-0.39, 0.29) is 36.6 Å². The maximum atomic E-state index is 12.9.